The van der Waals surface area contributed by atoms with Crippen LogP contribution in [0.1, 0.15) is 24.6 Å². The van der Waals surface area contributed by atoms with Crippen LogP contribution in [-0.2, 0) is 16.4 Å². The maximum atomic E-state index is 13.3. The Bertz CT molecular complexity index is 1280. The van der Waals surface area contributed by atoms with E-state index in [9.17, 15) is 12.8 Å². The lowest BCUT2D eigenvalue weighted by atomic mass is 9.70. The molecular formula is C23H23FN4O2S. The maximum Gasteiger partial charge on any atom is 0.243 e. The number of rotatable bonds is 3. The predicted octanol–water partition coefficient (Wildman–Crippen LogP) is 3.63. The molecule has 0 amide bonds. The second-order valence-electron chi connectivity index (χ2n) is 8.51. The molecule has 1 saturated heterocycles. The van der Waals surface area contributed by atoms with Crippen molar-refractivity contribution in [1.82, 2.24) is 14.1 Å². The van der Waals surface area contributed by atoms with Gasteiger partial charge >= 0.3 is 0 Å². The van der Waals surface area contributed by atoms with Gasteiger partial charge in [-0.2, -0.15) is 9.40 Å². The molecule has 1 aliphatic carbocycles. The average Bonchev–Trinajstić information content (AvgIpc) is 3.14. The molecule has 2 aliphatic rings. The average molecular weight is 439 g/mol. The molecule has 1 atom stereocenters. The summed E-state index contributed by atoms with van der Waals surface area (Å²) >= 11 is 0. The number of nitrogens with two attached hydrogens (primary N) is 1. The van der Waals surface area contributed by atoms with E-state index in [0.29, 0.717) is 31.6 Å². The molecule has 0 spiro atoms. The second-order valence-corrected chi connectivity index (χ2v) is 10.4. The van der Waals surface area contributed by atoms with Crippen LogP contribution < -0.4 is 5.73 Å². The monoisotopic (exact) mass is 438 g/mol. The quantitative estimate of drug-likeness (QED) is 0.633. The van der Waals surface area contributed by atoms with Crippen molar-refractivity contribution in [2.24, 2.45) is 5.41 Å². The van der Waals surface area contributed by atoms with Crippen molar-refractivity contribution < 1.29 is 12.8 Å². The number of hydrogen-bond acceptors (Lipinski definition) is 4. The summed E-state index contributed by atoms with van der Waals surface area (Å²) in [6, 6.07) is 12.6. The zero-order valence-corrected chi connectivity index (χ0v) is 17.9. The van der Waals surface area contributed by atoms with Crippen molar-refractivity contribution in [2.45, 2.75) is 24.7 Å². The van der Waals surface area contributed by atoms with E-state index >= 15 is 0 Å². The first-order chi connectivity index (χ1) is 14.8. The summed E-state index contributed by atoms with van der Waals surface area (Å²) in [7, 11) is -3.59. The minimum absolute atomic E-state index is 0.262. The maximum absolute atomic E-state index is 13.3. The Balaban J connectivity index is 1.46. The molecule has 1 aliphatic heterocycles. The third-order valence-electron chi connectivity index (χ3n) is 6.30. The molecule has 160 valence electrons. The molecule has 1 unspecified atom stereocenters. The van der Waals surface area contributed by atoms with Gasteiger partial charge < -0.3 is 5.73 Å². The van der Waals surface area contributed by atoms with Gasteiger partial charge in [0.2, 0.25) is 10.0 Å². The van der Waals surface area contributed by atoms with Crippen molar-refractivity contribution >= 4 is 21.8 Å². The standard InChI is InChI=1S/C23H23FN4O2S/c1-23-13-16-14-26-28(20-6-2-18(24)3-7-20)22(16)12-17(23)10-11-27(15-23)31(29,30)21-8-4-19(25)5-9-21/h2-9,12,14H,10-11,13,15,25H2,1H3. The molecule has 0 radical (unpaired) electrons. The minimum atomic E-state index is -3.59. The Kier molecular flexibility index (Phi) is 4.53. The van der Waals surface area contributed by atoms with Gasteiger partial charge in [0.1, 0.15) is 5.82 Å². The highest BCUT2D eigenvalue weighted by Gasteiger charge is 2.42. The fourth-order valence-electron chi connectivity index (χ4n) is 4.58. The Labute approximate surface area is 180 Å². The highest BCUT2D eigenvalue weighted by atomic mass is 32.2. The lowest BCUT2D eigenvalue weighted by Gasteiger charge is -2.43. The third-order valence-corrected chi connectivity index (χ3v) is 8.16. The lowest BCUT2D eigenvalue weighted by molar-refractivity contribution is 0.231. The summed E-state index contributed by atoms with van der Waals surface area (Å²) in [6.45, 7) is 2.95. The Hall–Kier alpha value is -2.97. The Morgan fingerprint density at radius 2 is 1.81 bits per heavy atom. The number of piperidine rings is 1. The van der Waals surface area contributed by atoms with E-state index < -0.39 is 10.0 Å². The number of nitrogens with zero attached hydrogens (tertiary/aromatic N) is 3. The van der Waals surface area contributed by atoms with Crippen LogP contribution in [0.15, 0.2) is 65.2 Å². The molecule has 8 heteroatoms. The number of nitrogen functional groups attached to an aromatic ring is 1. The van der Waals surface area contributed by atoms with Crippen LogP contribution in [0.2, 0.25) is 0 Å². The van der Waals surface area contributed by atoms with E-state index in [-0.39, 0.29) is 16.1 Å². The second kappa shape index (κ2) is 7.03. The molecule has 5 rings (SSSR count). The van der Waals surface area contributed by atoms with Crippen LogP contribution >= 0.6 is 0 Å². The Morgan fingerprint density at radius 3 is 2.52 bits per heavy atom. The number of hydrogen-bond donors (Lipinski definition) is 1. The van der Waals surface area contributed by atoms with Crippen LogP contribution in [0, 0.1) is 11.2 Å². The van der Waals surface area contributed by atoms with Crippen LogP contribution in [0.25, 0.3) is 11.8 Å². The van der Waals surface area contributed by atoms with E-state index in [1.165, 1.54) is 17.7 Å². The van der Waals surface area contributed by atoms with Crippen molar-refractivity contribution in [3.63, 3.8) is 0 Å². The fourth-order valence-corrected chi connectivity index (χ4v) is 6.15. The summed E-state index contributed by atoms with van der Waals surface area (Å²) in [4.78, 5) is 0.262. The van der Waals surface area contributed by atoms with Crippen LogP contribution in [-0.4, -0.2) is 35.6 Å². The number of sulfonamides is 1. The summed E-state index contributed by atoms with van der Waals surface area (Å²) in [5.74, 6) is -0.287. The van der Waals surface area contributed by atoms with E-state index in [4.69, 9.17) is 5.73 Å². The number of aromatic nitrogens is 2. The number of fused-ring (bicyclic) bond motifs is 2. The van der Waals surface area contributed by atoms with Gasteiger partial charge in [0, 0.05) is 24.2 Å². The van der Waals surface area contributed by atoms with Gasteiger partial charge in [-0.05, 0) is 73.0 Å². The third kappa shape index (κ3) is 3.36. The van der Waals surface area contributed by atoms with Gasteiger partial charge in [-0.1, -0.05) is 12.5 Å². The largest absolute Gasteiger partial charge is 0.399 e. The molecule has 0 saturated carbocycles. The Morgan fingerprint density at radius 1 is 1.10 bits per heavy atom. The first kappa shape index (κ1) is 20.0. The number of benzene rings is 2. The predicted molar refractivity (Wildman–Crippen MR) is 118 cm³/mol. The highest BCUT2D eigenvalue weighted by Crippen LogP contribution is 2.44. The molecule has 0 bridgehead atoms. The molecule has 2 aromatic carbocycles. The van der Waals surface area contributed by atoms with Gasteiger partial charge in [-0.3, -0.25) is 0 Å². The van der Waals surface area contributed by atoms with Crippen molar-refractivity contribution in [2.75, 3.05) is 18.8 Å². The van der Waals surface area contributed by atoms with Crippen molar-refractivity contribution in [1.29, 1.82) is 0 Å². The smallest absolute Gasteiger partial charge is 0.243 e. The molecule has 2 N–H and O–H groups in total. The van der Waals surface area contributed by atoms with Gasteiger partial charge in [0.05, 0.1) is 22.5 Å². The zero-order chi connectivity index (χ0) is 21.8. The number of halogens is 1. The first-order valence-corrected chi connectivity index (χ1v) is 11.6. The van der Waals surface area contributed by atoms with Gasteiger partial charge in [-0.15, -0.1) is 0 Å². The van der Waals surface area contributed by atoms with Gasteiger partial charge in [0.25, 0.3) is 0 Å². The normalized spacial score (nSPS) is 21.3. The van der Waals surface area contributed by atoms with E-state index in [2.05, 4.69) is 18.1 Å². The van der Waals surface area contributed by atoms with E-state index in [1.54, 1.807) is 40.7 Å². The van der Waals surface area contributed by atoms with E-state index in [0.717, 1.165) is 16.9 Å². The topological polar surface area (TPSA) is 81.2 Å². The van der Waals surface area contributed by atoms with Gasteiger partial charge in [0.15, 0.2) is 0 Å². The summed E-state index contributed by atoms with van der Waals surface area (Å²) in [5.41, 5.74) is 9.99. The molecule has 1 fully saturated rings. The lowest BCUT2D eigenvalue weighted by Crippen LogP contribution is -2.47. The van der Waals surface area contributed by atoms with E-state index in [1.807, 2.05) is 10.9 Å². The summed E-state index contributed by atoms with van der Waals surface area (Å²) in [5, 5.41) is 4.52. The summed E-state index contributed by atoms with van der Waals surface area (Å²) < 4.78 is 43.1. The molecule has 1 aromatic heterocycles. The number of anilines is 1. The first-order valence-electron chi connectivity index (χ1n) is 10.2. The van der Waals surface area contributed by atoms with Crippen molar-refractivity contribution in [3.8, 4) is 5.69 Å². The zero-order valence-electron chi connectivity index (χ0n) is 17.1. The molecule has 6 nitrogen and oxygen atoms in total. The van der Waals surface area contributed by atoms with Crippen molar-refractivity contribution in [3.05, 3.63) is 77.4 Å². The SMILES string of the molecule is CC12Cc3cnn(-c4ccc(F)cc4)c3C=C1CCN(S(=O)(=O)c1ccc(N)cc1)C2. The van der Waals surface area contributed by atoms with Crippen LogP contribution in [0.3, 0.4) is 0 Å². The molecule has 31 heavy (non-hydrogen) atoms. The fraction of sp³-hybridized carbons (Fsp3) is 0.261. The van der Waals surface area contributed by atoms with Crippen LogP contribution in [0.5, 0.6) is 0 Å². The van der Waals surface area contributed by atoms with Gasteiger partial charge in [-0.25, -0.2) is 17.5 Å². The minimum Gasteiger partial charge on any atom is -0.399 e. The molecule has 2 heterocycles. The highest BCUT2D eigenvalue weighted by molar-refractivity contribution is 7.89. The molecule has 3 aromatic rings. The molecular weight excluding hydrogens is 415 g/mol. The van der Waals surface area contributed by atoms with Crippen LogP contribution in [0.4, 0.5) is 10.1 Å². The summed E-state index contributed by atoms with van der Waals surface area (Å²) in [6.07, 6.45) is 5.30.